The number of rotatable bonds is 4. The first kappa shape index (κ1) is 15.1. The molecule has 21 heavy (non-hydrogen) atoms. The van der Waals surface area contributed by atoms with Gasteiger partial charge in [0.1, 0.15) is 17.1 Å². The summed E-state index contributed by atoms with van der Waals surface area (Å²) in [6.45, 7) is 0. The highest BCUT2D eigenvalue weighted by atomic mass is 79.9. The summed E-state index contributed by atoms with van der Waals surface area (Å²) >= 11 is 3.33. The third-order valence-electron chi connectivity index (χ3n) is 2.84. The highest BCUT2D eigenvalue weighted by Gasteiger charge is 2.17. The molecule has 0 bridgehead atoms. The summed E-state index contributed by atoms with van der Waals surface area (Å²) in [5.74, 6) is -1.44. The Kier molecular flexibility index (Phi) is 4.32. The average Bonchev–Trinajstić information content (AvgIpc) is 2.43. The SMILES string of the molecule is COc1ccc(Nc2ccc(F)c(N)c2C(=O)O)cc1Br. The zero-order valence-electron chi connectivity index (χ0n) is 11.0. The number of carbonyl (C=O) groups is 1. The molecule has 2 aromatic carbocycles. The number of ether oxygens (including phenoxy) is 1. The molecule has 0 radical (unpaired) electrons. The zero-order chi connectivity index (χ0) is 15.6. The third kappa shape index (κ3) is 3.08. The van der Waals surface area contributed by atoms with Crippen molar-refractivity contribution in [3.05, 3.63) is 46.2 Å². The van der Waals surface area contributed by atoms with Crippen LogP contribution in [0.3, 0.4) is 0 Å². The molecule has 2 aromatic rings. The van der Waals surface area contributed by atoms with Gasteiger partial charge < -0.3 is 20.9 Å². The summed E-state index contributed by atoms with van der Waals surface area (Å²) in [7, 11) is 1.54. The van der Waals surface area contributed by atoms with Gasteiger partial charge in [-0.3, -0.25) is 0 Å². The number of nitrogen functional groups attached to an aromatic ring is 1. The predicted molar refractivity (Wildman–Crippen MR) is 81.7 cm³/mol. The second-order valence-corrected chi connectivity index (χ2v) is 5.02. The van der Waals surface area contributed by atoms with Crippen LogP contribution in [0.4, 0.5) is 21.5 Å². The van der Waals surface area contributed by atoms with E-state index in [1.165, 1.54) is 13.2 Å². The maximum atomic E-state index is 13.4. The second kappa shape index (κ2) is 6.01. The first-order chi connectivity index (χ1) is 9.93. The Morgan fingerprint density at radius 2 is 2.10 bits per heavy atom. The molecule has 7 heteroatoms. The summed E-state index contributed by atoms with van der Waals surface area (Å²) in [6.07, 6.45) is 0. The quantitative estimate of drug-likeness (QED) is 0.730. The Balaban J connectivity index is 2.42. The van der Waals surface area contributed by atoms with Crippen LogP contribution in [0.2, 0.25) is 0 Å². The van der Waals surface area contributed by atoms with E-state index in [2.05, 4.69) is 21.2 Å². The van der Waals surface area contributed by atoms with Crippen molar-refractivity contribution < 1.29 is 19.0 Å². The number of methoxy groups -OCH3 is 1. The second-order valence-electron chi connectivity index (χ2n) is 4.16. The first-order valence-electron chi connectivity index (χ1n) is 5.86. The Labute approximate surface area is 128 Å². The lowest BCUT2D eigenvalue weighted by Gasteiger charge is -2.13. The summed E-state index contributed by atoms with van der Waals surface area (Å²) in [5.41, 5.74) is 5.60. The lowest BCUT2D eigenvalue weighted by Crippen LogP contribution is -2.08. The lowest BCUT2D eigenvalue weighted by atomic mass is 10.1. The van der Waals surface area contributed by atoms with Gasteiger partial charge in [0.15, 0.2) is 0 Å². The average molecular weight is 355 g/mol. The highest BCUT2D eigenvalue weighted by molar-refractivity contribution is 9.10. The molecule has 0 fully saturated rings. The smallest absolute Gasteiger partial charge is 0.340 e. The van der Waals surface area contributed by atoms with Crippen LogP contribution in [0.1, 0.15) is 10.4 Å². The summed E-state index contributed by atoms with van der Waals surface area (Å²) in [4.78, 5) is 11.2. The van der Waals surface area contributed by atoms with Gasteiger partial charge in [-0.15, -0.1) is 0 Å². The normalized spacial score (nSPS) is 10.2. The van der Waals surface area contributed by atoms with Crippen molar-refractivity contribution in [3.63, 3.8) is 0 Å². The van der Waals surface area contributed by atoms with E-state index >= 15 is 0 Å². The van der Waals surface area contributed by atoms with E-state index in [0.717, 1.165) is 6.07 Å². The van der Waals surface area contributed by atoms with E-state index in [9.17, 15) is 9.18 Å². The van der Waals surface area contributed by atoms with Crippen molar-refractivity contribution in [3.8, 4) is 5.75 Å². The van der Waals surface area contributed by atoms with Gasteiger partial charge in [-0.1, -0.05) is 0 Å². The molecule has 0 atom stereocenters. The Hall–Kier alpha value is -2.28. The molecule has 5 nitrogen and oxygen atoms in total. The van der Waals surface area contributed by atoms with Crippen molar-refractivity contribution >= 4 is 39.0 Å². The zero-order valence-corrected chi connectivity index (χ0v) is 12.6. The summed E-state index contributed by atoms with van der Waals surface area (Å²) in [5, 5.41) is 12.1. The molecule has 0 unspecified atom stereocenters. The summed E-state index contributed by atoms with van der Waals surface area (Å²) < 4.78 is 19.2. The van der Waals surface area contributed by atoms with Crippen molar-refractivity contribution in [2.75, 3.05) is 18.2 Å². The van der Waals surface area contributed by atoms with Crippen LogP contribution in [0.5, 0.6) is 5.75 Å². The molecule has 0 amide bonds. The van der Waals surface area contributed by atoms with Crippen molar-refractivity contribution in [2.45, 2.75) is 0 Å². The highest BCUT2D eigenvalue weighted by Crippen LogP contribution is 2.32. The number of carboxylic acids is 1. The molecule has 4 N–H and O–H groups in total. The van der Waals surface area contributed by atoms with Gasteiger partial charge in [0.25, 0.3) is 0 Å². The standard InChI is InChI=1S/C14H12BrFN2O3/c1-21-11-5-2-7(6-8(11)15)18-10-4-3-9(16)13(17)12(10)14(19)20/h2-6,18H,17H2,1H3,(H,19,20). The molecule has 0 heterocycles. The monoisotopic (exact) mass is 354 g/mol. The Morgan fingerprint density at radius 1 is 1.38 bits per heavy atom. The van der Waals surface area contributed by atoms with E-state index < -0.39 is 17.5 Å². The van der Waals surface area contributed by atoms with Gasteiger partial charge in [-0.2, -0.15) is 0 Å². The van der Waals surface area contributed by atoms with Crippen LogP contribution in [0.15, 0.2) is 34.8 Å². The molecule has 0 spiro atoms. The van der Waals surface area contributed by atoms with E-state index in [0.29, 0.717) is 15.9 Å². The third-order valence-corrected chi connectivity index (χ3v) is 3.46. The van der Waals surface area contributed by atoms with E-state index in [1.54, 1.807) is 18.2 Å². The predicted octanol–water partition coefficient (Wildman–Crippen LogP) is 3.62. The van der Waals surface area contributed by atoms with Crippen LogP contribution in [-0.4, -0.2) is 18.2 Å². The molecular formula is C14H12BrFN2O3. The van der Waals surface area contributed by atoms with Gasteiger partial charge in [-0.05, 0) is 46.3 Å². The number of carboxylic acid groups (broad SMARTS) is 1. The number of benzene rings is 2. The van der Waals surface area contributed by atoms with Gasteiger partial charge in [0.2, 0.25) is 0 Å². The minimum Gasteiger partial charge on any atom is -0.496 e. The topological polar surface area (TPSA) is 84.6 Å². The van der Waals surface area contributed by atoms with Crippen LogP contribution in [-0.2, 0) is 0 Å². The molecule has 2 rings (SSSR count). The van der Waals surface area contributed by atoms with Crippen LogP contribution < -0.4 is 15.8 Å². The number of nitrogens with one attached hydrogen (secondary N) is 1. The number of hydrogen-bond donors (Lipinski definition) is 3. The van der Waals surface area contributed by atoms with Crippen molar-refractivity contribution in [1.82, 2.24) is 0 Å². The number of nitrogens with two attached hydrogens (primary N) is 1. The largest absolute Gasteiger partial charge is 0.496 e. The van der Waals surface area contributed by atoms with Crippen molar-refractivity contribution in [1.29, 1.82) is 0 Å². The maximum Gasteiger partial charge on any atom is 0.340 e. The summed E-state index contributed by atoms with van der Waals surface area (Å²) in [6, 6.07) is 7.56. The molecule has 0 aliphatic heterocycles. The number of aromatic carboxylic acids is 1. The molecule has 0 saturated carbocycles. The minimum atomic E-state index is -1.30. The van der Waals surface area contributed by atoms with Crippen molar-refractivity contribution in [2.24, 2.45) is 0 Å². The first-order valence-corrected chi connectivity index (χ1v) is 6.65. The van der Waals surface area contributed by atoms with E-state index in [4.69, 9.17) is 15.6 Å². The van der Waals surface area contributed by atoms with E-state index in [1.807, 2.05) is 0 Å². The van der Waals surface area contributed by atoms with Crippen LogP contribution in [0.25, 0.3) is 0 Å². The number of halogens is 2. The van der Waals surface area contributed by atoms with Crippen LogP contribution >= 0.6 is 15.9 Å². The van der Waals surface area contributed by atoms with Gasteiger partial charge in [-0.25, -0.2) is 9.18 Å². The van der Waals surface area contributed by atoms with E-state index in [-0.39, 0.29) is 11.3 Å². The molecule has 0 aliphatic rings. The fraction of sp³-hybridized carbons (Fsp3) is 0.0714. The minimum absolute atomic E-state index is 0.207. The lowest BCUT2D eigenvalue weighted by molar-refractivity contribution is 0.0698. The molecule has 0 aromatic heterocycles. The number of anilines is 3. The fourth-order valence-corrected chi connectivity index (χ4v) is 2.37. The molecule has 110 valence electrons. The van der Waals surface area contributed by atoms with Gasteiger partial charge >= 0.3 is 5.97 Å². The van der Waals surface area contributed by atoms with Gasteiger partial charge in [0, 0.05) is 5.69 Å². The molecular weight excluding hydrogens is 343 g/mol. The Morgan fingerprint density at radius 3 is 2.67 bits per heavy atom. The number of hydrogen-bond acceptors (Lipinski definition) is 4. The molecule has 0 aliphatic carbocycles. The van der Waals surface area contributed by atoms with Gasteiger partial charge in [0.05, 0.1) is 23.0 Å². The van der Waals surface area contributed by atoms with Crippen LogP contribution in [0, 0.1) is 5.82 Å². The maximum absolute atomic E-state index is 13.4. The fourth-order valence-electron chi connectivity index (χ4n) is 1.83. The Bertz CT molecular complexity index is 707. The molecule has 0 saturated heterocycles.